The third kappa shape index (κ3) is 5.24. The molecule has 2 aliphatic rings. The first-order chi connectivity index (χ1) is 21.8. The van der Waals surface area contributed by atoms with Crippen LogP contribution in [-0.2, 0) is 0 Å². The molecule has 2 aliphatic carbocycles. The minimum absolute atomic E-state index is 0.791. The molecule has 1 nitrogen and oxygen atoms in total. The van der Waals surface area contributed by atoms with E-state index in [2.05, 4.69) is 163 Å². The van der Waals surface area contributed by atoms with Gasteiger partial charge in [0, 0.05) is 17.1 Å². The van der Waals surface area contributed by atoms with E-state index in [1.54, 1.807) is 5.56 Å². The van der Waals surface area contributed by atoms with Crippen LogP contribution in [0.3, 0.4) is 0 Å². The molecule has 2 fully saturated rings. The van der Waals surface area contributed by atoms with Crippen LogP contribution < -0.4 is 4.90 Å². The van der Waals surface area contributed by atoms with Gasteiger partial charge < -0.3 is 4.90 Å². The van der Waals surface area contributed by atoms with E-state index in [-0.39, 0.29) is 0 Å². The quantitative estimate of drug-likeness (QED) is 0.185. The Labute approximate surface area is 261 Å². The zero-order chi connectivity index (χ0) is 29.3. The van der Waals surface area contributed by atoms with Crippen LogP contribution in [0.15, 0.2) is 158 Å². The van der Waals surface area contributed by atoms with E-state index in [4.69, 9.17) is 0 Å². The molecule has 0 amide bonds. The summed E-state index contributed by atoms with van der Waals surface area (Å²) in [6.45, 7) is 0. The van der Waals surface area contributed by atoms with Crippen LogP contribution in [0.2, 0.25) is 0 Å². The van der Waals surface area contributed by atoms with Gasteiger partial charge >= 0.3 is 0 Å². The van der Waals surface area contributed by atoms with Gasteiger partial charge in [-0.3, -0.25) is 0 Å². The molecule has 0 spiro atoms. The van der Waals surface area contributed by atoms with Gasteiger partial charge in [-0.25, -0.2) is 0 Å². The molecule has 0 saturated heterocycles. The summed E-state index contributed by atoms with van der Waals surface area (Å²) in [5.41, 5.74) is 12.5. The van der Waals surface area contributed by atoms with Crippen molar-refractivity contribution in [1.82, 2.24) is 0 Å². The van der Waals surface area contributed by atoms with Crippen LogP contribution >= 0.6 is 0 Å². The Bertz CT molecular complexity index is 1820. The monoisotopic (exact) mass is 567 g/mol. The summed E-state index contributed by atoms with van der Waals surface area (Å²) >= 11 is 0. The Morgan fingerprint density at radius 3 is 1.23 bits per heavy atom. The van der Waals surface area contributed by atoms with E-state index in [1.165, 1.54) is 59.1 Å². The summed E-state index contributed by atoms with van der Waals surface area (Å²) in [5, 5.41) is 0. The molecular formula is C43H37N. The van der Waals surface area contributed by atoms with Gasteiger partial charge in [-0.15, -0.1) is 0 Å². The largest absolute Gasteiger partial charge is 0.311 e. The zero-order valence-corrected chi connectivity index (χ0v) is 25.0. The van der Waals surface area contributed by atoms with E-state index >= 15 is 0 Å². The maximum Gasteiger partial charge on any atom is 0.0462 e. The van der Waals surface area contributed by atoms with Gasteiger partial charge in [0.25, 0.3) is 0 Å². The summed E-state index contributed by atoms with van der Waals surface area (Å²) in [7, 11) is 0. The number of hydrogen-bond acceptors (Lipinski definition) is 1. The Hall–Kier alpha value is -4.88. The molecule has 3 atom stereocenters. The second-order valence-corrected chi connectivity index (χ2v) is 12.6. The highest BCUT2D eigenvalue weighted by atomic mass is 15.1. The van der Waals surface area contributed by atoms with Crippen LogP contribution in [0.25, 0.3) is 33.4 Å². The number of hydrogen-bond donors (Lipinski definition) is 0. The maximum atomic E-state index is 2.39. The molecule has 0 aromatic heterocycles. The van der Waals surface area contributed by atoms with Crippen molar-refractivity contribution in [3.63, 3.8) is 0 Å². The minimum atomic E-state index is 0.791. The van der Waals surface area contributed by atoms with Crippen molar-refractivity contribution >= 4 is 17.1 Å². The zero-order valence-electron chi connectivity index (χ0n) is 25.0. The van der Waals surface area contributed by atoms with Crippen molar-refractivity contribution in [3.05, 3.63) is 163 Å². The number of benzene rings is 6. The van der Waals surface area contributed by atoms with Crippen LogP contribution in [0.4, 0.5) is 17.1 Å². The second kappa shape index (κ2) is 11.7. The first-order valence-corrected chi connectivity index (χ1v) is 16.1. The molecule has 44 heavy (non-hydrogen) atoms. The fourth-order valence-corrected chi connectivity index (χ4v) is 7.69. The Kier molecular flexibility index (Phi) is 7.08. The predicted molar refractivity (Wildman–Crippen MR) is 186 cm³/mol. The van der Waals surface area contributed by atoms with Gasteiger partial charge in [0.15, 0.2) is 0 Å². The number of para-hydroxylation sites is 1. The highest BCUT2D eigenvalue weighted by Gasteiger charge is 2.39. The summed E-state index contributed by atoms with van der Waals surface area (Å²) in [6.07, 6.45) is 5.76. The minimum Gasteiger partial charge on any atom is -0.311 e. The first kappa shape index (κ1) is 26.7. The number of fused-ring (bicyclic) bond motifs is 2. The molecule has 3 unspecified atom stereocenters. The van der Waals surface area contributed by atoms with Gasteiger partial charge in [0.1, 0.15) is 0 Å². The lowest BCUT2D eigenvalue weighted by molar-refractivity contribution is 0.420. The second-order valence-electron chi connectivity index (χ2n) is 12.6. The molecule has 8 rings (SSSR count). The Balaban J connectivity index is 1.02. The van der Waals surface area contributed by atoms with Crippen LogP contribution in [-0.4, -0.2) is 0 Å². The molecule has 0 heterocycles. The summed E-state index contributed by atoms with van der Waals surface area (Å²) in [4.78, 5) is 2.32. The summed E-state index contributed by atoms with van der Waals surface area (Å²) < 4.78 is 0. The van der Waals surface area contributed by atoms with Crippen molar-refractivity contribution < 1.29 is 0 Å². The molecule has 2 saturated carbocycles. The smallest absolute Gasteiger partial charge is 0.0462 e. The standard InChI is InChI=1S/C43H37N/c1-3-7-32(8-4-1)36-21-25-41(26-22-36)44(40-9-5-2-6-10-40)42-27-23-37(24-28-42)34-15-13-33(14-16-34)35-17-19-38(20-18-35)43-30-31-11-12-39(43)29-31/h1-10,13-28,31,39,43H,11-12,29-30H2. The SMILES string of the molecule is c1ccc(-c2ccc(N(c3ccccc3)c3ccc(-c4ccc(-c5ccc(C6CC7CCC6C7)cc5)cc4)cc3)cc2)cc1. The third-order valence-corrected chi connectivity index (χ3v) is 10.0. The van der Waals surface area contributed by atoms with Crippen LogP contribution in [0, 0.1) is 11.8 Å². The molecule has 6 aromatic carbocycles. The van der Waals surface area contributed by atoms with Crippen molar-refractivity contribution in [3.8, 4) is 33.4 Å². The highest BCUT2D eigenvalue weighted by Crippen LogP contribution is 2.53. The molecule has 2 bridgehead atoms. The normalized spacial score (nSPS) is 18.8. The third-order valence-electron chi connectivity index (χ3n) is 10.0. The fraction of sp³-hybridized carbons (Fsp3) is 0.163. The van der Waals surface area contributed by atoms with Crippen LogP contribution in [0.1, 0.15) is 37.2 Å². The molecule has 0 aliphatic heterocycles. The van der Waals surface area contributed by atoms with E-state index in [0.29, 0.717) is 0 Å². The predicted octanol–water partition coefficient (Wildman–Crippen LogP) is 12.1. The van der Waals surface area contributed by atoms with Gasteiger partial charge in [-0.1, -0.05) is 128 Å². The van der Waals surface area contributed by atoms with Gasteiger partial charge in [-0.2, -0.15) is 0 Å². The van der Waals surface area contributed by atoms with Gasteiger partial charge in [0.2, 0.25) is 0 Å². The number of nitrogens with zero attached hydrogens (tertiary/aromatic N) is 1. The topological polar surface area (TPSA) is 3.24 Å². The van der Waals surface area contributed by atoms with Gasteiger partial charge in [0.05, 0.1) is 0 Å². The average molecular weight is 568 g/mol. The van der Waals surface area contributed by atoms with Gasteiger partial charge in [-0.05, 0) is 112 Å². The van der Waals surface area contributed by atoms with E-state index in [0.717, 1.165) is 34.8 Å². The molecule has 1 heteroatoms. The van der Waals surface area contributed by atoms with E-state index < -0.39 is 0 Å². The van der Waals surface area contributed by atoms with Crippen molar-refractivity contribution in [1.29, 1.82) is 0 Å². The van der Waals surface area contributed by atoms with Crippen LogP contribution in [0.5, 0.6) is 0 Å². The molecular weight excluding hydrogens is 530 g/mol. The summed E-state index contributed by atoms with van der Waals surface area (Å²) in [5.74, 6) is 2.70. The van der Waals surface area contributed by atoms with Crippen molar-refractivity contribution in [2.75, 3.05) is 4.90 Å². The summed E-state index contributed by atoms with van der Waals surface area (Å²) in [6, 6.07) is 57.4. The lowest BCUT2D eigenvalue weighted by atomic mass is 9.83. The van der Waals surface area contributed by atoms with Crippen molar-refractivity contribution in [2.24, 2.45) is 11.8 Å². The fourth-order valence-electron chi connectivity index (χ4n) is 7.69. The lowest BCUT2D eigenvalue weighted by Crippen LogP contribution is -2.09. The number of rotatable bonds is 7. The molecule has 214 valence electrons. The molecule has 6 aromatic rings. The Morgan fingerprint density at radius 2 is 0.773 bits per heavy atom. The lowest BCUT2D eigenvalue weighted by Gasteiger charge is -2.26. The highest BCUT2D eigenvalue weighted by molar-refractivity contribution is 5.80. The Morgan fingerprint density at radius 1 is 0.364 bits per heavy atom. The molecule has 0 N–H and O–H groups in total. The maximum absolute atomic E-state index is 2.39. The average Bonchev–Trinajstić information content (AvgIpc) is 3.75. The van der Waals surface area contributed by atoms with Crippen molar-refractivity contribution in [2.45, 2.75) is 31.6 Å². The van der Waals surface area contributed by atoms with E-state index in [1.807, 2.05) is 0 Å². The first-order valence-electron chi connectivity index (χ1n) is 16.1. The molecule has 0 radical (unpaired) electrons. The number of anilines is 3. The van der Waals surface area contributed by atoms with E-state index in [9.17, 15) is 0 Å².